The molecule has 0 radical (unpaired) electrons. The number of primary amides is 1. The van der Waals surface area contributed by atoms with Crippen LogP contribution in [0, 0.1) is 5.41 Å². The second-order valence-electron chi connectivity index (χ2n) is 6.54. The monoisotopic (exact) mass is 380 g/mol. The third-order valence-electron chi connectivity index (χ3n) is 4.47. The van der Waals surface area contributed by atoms with E-state index < -0.39 is 5.91 Å². The van der Waals surface area contributed by atoms with Crippen molar-refractivity contribution in [2.45, 2.75) is 19.4 Å². The van der Waals surface area contributed by atoms with Crippen molar-refractivity contribution in [1.82, 2.24) is 5.32 Å². The number of hydrogen-bond acceptors (Lipinski definition) is 5. The van der Waals surface area contributed by atoms with Crippen molar-refractivity contribution in [2.24, 2.45) is 11.5 Å². The lowest BCUT2D eigenvalue weighted by Gasteiger charge is -2.17. The topological polar surface area (TPSA) is 148 Å². The Bertz CT molecular complexity index is 984. The average molecular weight is 380 g/mol. The lowest BCUT2D eigenvalue weighted by Crippen LogP contribution is -2.30. The molecular weight excluding hydrogens is 360 g/mol. The number of ether oxygens (including phenoxy) is 1. The highest BCUT2D eigenvalue weighted by molar-refractivity contribution is 6.00. The van der Waals surface area contributed by atoms with Gasteiger partial charge in [0.15, 0.2) is 5.78 Å². The molecule has 8 heteroatoms. The second-order valence-corrected chi connectivity index (χ2v) is 6.54. The van der Waals surface area contributed by atoms with Crippen LogP contribution < -0.4 is 21.5 Å². The second kappa shape index (κ2) is 7.91. The molecule has 28 heavy (non-hydrogen) atoms. The van der Waals surface area contributed by atoms with Gasteiger partial charge in [-0.05, 0) is 41.0 Å². The Morgan fingerprint density at radius 2 is 1.89 bits per heavy atom. The summed E-state index contributed by atoms with van der Waals surface area (Å²) in [5.41, 5.74) is 13.7. The van der Waals surface area contributed by atoms with E-state index in [1.165, 1.54) is 18.2 Å². The van der Waals surface area contributed by atoms with Crippen LogP contribution in [-0.2, 0) is 29.0 Å². The molecule has 0 atom stereocenters. The van der Waals surface area contributed by atoms with Gasteiger partial charge >= 0.3 is 0 Å². The molecular formula is C20H20N4O4. The van der Waals surface area contributed by atoms with E-state index in [0.29, 0.717) is 29.8 Å². The van der Waals surface area contributed by atoms with Crippen molar-refractivity contribution in [3.8, 4) is 5.75 Å². The van der Waals surface area contributed by atoms with Crippen molar-refractivity contribution in [3.05, 3.63) is 64.2 Å². The zero-order chi connectivity index (χ0) is 20.3. The first kappa shape index (κ1) is 19.1. The first-order chi connectivity index (χ1) is 13.3. The van der Waals surface area contributed by atoms with Crippen molar-refractivity contribution >= 4 is 23.4 Å². The quantitative estimate of drug-likeness (QED) is 0.406. The number of Topliss-reactive ketones (excluding diaryl/α,β-unsaturated/α-hetero) is 1. The number of nitrogens with two attached hydrogens (primary N) is 2. The molecule has 0 spiro atoms. The molecule has 2 aromatic rings. The molecule has 8 nitrogen and oxygen atoms in total. The van der Waals surface area contributed by atoms with Gasteiger partial charge in [0.05, 0.1) is 6.42 Å². The first-order valence-electron chi connectivity index (χ1n) is 8.63. The van der Waals surface area contributed by atoms with E-state index in [-0.39, 0.29) is 36.1 Å². The minimum atomic E-state index is -0.657. The summed E-state index contributed by atoms with van der Waals surface area (Å²) < 4.78 is 5.57. The summed E-state index contributed by atoms with van der Waals surface area (Å²) in [5, 5.41) is 10.3. The van der Waals surface area contributed by atoms with Crippen LogP contribution in [-0.4, -0.2) is 30.0 Å². The zero-order valence-electron chi connectivity index (χ0n) is 15.1. The Labute approximate surface area is 161 Å². The molecule has 3 rings (SSSR count). The normalized spacial score (nSPS) is 12.6. The lowest BCUT2D eigenvalue weighted by molar-refractivity contribution is -0.121. The van der Waals surface area contributed by atoms with Crippen LogP contribution in [0.5, 0.6) is 5.75 Å². The maximum atomic E-state index is 12.4. The lowest BCUT2D eigenvalue weighted by atomic mass is 9.98. The van der Waals surface area contributed by atoms with E-state index in [0.717, 1.165) is 11.1 Å². The number of amides is 2. The van der Waals surface area contributed by atoms with Gasteiger partial charge < -0.3 is 21.5 Å². The average Bonchev–Trinajstić information content (AvgIpc) is 2.66. The summed E-state index contributed by atoms with van der Waals surface area (Å²) >= 11 is 0. The summed E-state index contributed by atoms with van der Waals surface area (Å²) in [6, 6.07) is 9.82. The SMILES string of the molecule is N=C(N)c1ccc(C(N)=O)c(CC(=O)COc2ccc3c(c2)CNC(=O)C3)c1. The molecule has 0 bridgehead atoms. The number of fused-ring (bicyclic) bond motifs is 1. The smallest absolute Gasteiger partial charge is 0.248 e. The predicted molar refractivity (Wildman–Crippen MR) is 102 cm³/mol. The van der Waals surface area contributed by atoms with Crippen molar-refractivity contribution in [1.29, 1.82) is 5.41 Å². The van der Waals surface area contributed by atoms with E-state index in [1.807, 2.05) is 6.07 Å². The number of nitrogen functional groups attached to an aromatic ring is 1. The third-order valence-corrected chi connectivity index (χ3v) is 4.47. The molecule has 0 unspecified atom stereocenters. The Balaban J connectivity index is 1.68. The van der Waals surface area contributed by atoms with Crippen molar-refractivity contribution in [3.63, 3.8) is 0 Å². The Kier molecular flexibility index (Phi) is 5.39. The summed E-state index contributed by atoms with van der Waals surface area (Å²) in [7, 11) is 0. The number of carbonyl (C=O) groups excluding carboxylic acids is 3. The summed E-state index contributed by atoms with van der Waals surface area (Å²) in [4.78, 5) is 35.3. The molecule has 0 fully saturated rings. The number of benzene rings is 2. The van der Waals surface area contributed by atoms with Crippen LogP contribution in [0.15, 0.2) is 36.4 Å². The van der Waals surface area contributed by atoms with Crippen molar-refractivity contribution in [2.75, 3.05) is 6.61 Å². The highest BCUT2D eigenvalue weighted by Gasteiger charge is 2.17. The van der Waals surface area contributed by atoms with Crippen LogP contribution in [0.2, 0.25) is 0 Å². The van der Waals surface area contributed by atoms with Gasteiger partial charge in [-0.25, -0.2) is 0 Å². The van der Waals surface area contributed by atoms with E-state index in [4.69, 9.17) is 21.6 Å². The molecule has 6 N–H and O–H groups in total. The molecule has 144 valence electrons. The van der Waals surface area contributed by atoms with Crippen LogP contribution in [0.4, 0.5) is 0 Å². The molecule has 2 amide bonds. The van der Waals surface area contributed by atoms with E-state index in [1.54, 1.807) is 12.1 Å². The molecule has 0 saturated carbocycles. The fourth-order valence-electron chi connectivity index (χ4n) is 3.03. The van der Waals surface area contributed by atoms with E-state index in [9.17, 15) is 14.4 Å². The number of ketones is 1. The van der Waals surface area contributed by atoms with Gasteiger partial charge in [0.2, 0.25) is 11.8 Å². The van der Waals surface area contributed by atoms with Crippen LogP contribution in [0.25, 0.3) is 0 Å². The Morgan fingerprint density at radius 3 is 2.61 bits per heavy atom. The maximum Gasteiger partial charge on any atom is 0.248 e. The highest BCUT2D eigenvalue weighted by Crippen LogP contribution is 2.21. The largest absolute Gasteiger partial charge is 0.486 e. The molecule has 0 saturated heterocycles. The number of nitrogens with one attached hydrogen (secondary N) is 2. The van der Waals surface area contributed by atoms with E-state index >= 15 is 0 Å². The number of rotatable bonds is 7. The van der Waals surface area contributed by atoms with Crippen LogP contribution in [0.1, 0.15) is 32.6 Å². The summed E-state index contributed by atoms with van der Waals surface area (Å²) in [5.74, 6) is -0.572. The minimum Gasteiger partial charge on any atom is -0.486 e. The van der Waals surface area contributed by atoms with Gasteiger partial charge in [-0.1, -0.05) is 12.1 Å². The van der Waals surface area contributed by atoms with Gasteiger partial charge in [0, 0.05) is 24.1 Å². The molecule has 0 aliphatic carbocycles. The van der Waals surface area contributed by atoms with Gasteiger partial charge in [-0.3, -0.25) is 19.8 Å². The Morgan fingerprint density at radius 1 is 1.11 bits per heavy atom. The number of amidine groups is 1. The maximum absolute atomic E-state index is 12.4. The highest BCUT2D eigenvalue weighted by atomic mass is 16.5. The summed E-state index contributed by atoms with van der Waals surface area (Å²) in [6.07, 6.45) is 0.261. The van der Waals surface area contributed by atoms with Gasteiger partial charge in [0.25, 0.3) is 0 Å². The van der Waals surface area contributed by atoms with Crippen LogP contribution >= 0.6 is 0 Å². The van der Waals surface area contributed by atoms with Crippen LogP contribution in [0.3, 0.4) is 0 Å². The first-order valence-corrected chi connectivity index (χ1v) is 8.63. The molecule has 1 aliphatic heterocycles. The van der Waals surface area contributed by atoms with Gasteiger partial charge in [-0.15, -0.1) is 0 Å². The standard InChI is InChI=1S/C20H20N4O4/c21-19(22)12-2-4-17(20(23)27)13(5-12)6-15(25)10-28-16-3-1-11-8-18(26)24-9-14(11)7-16/h1-5,7H,6,8-10H2,(H3,21,22)(H2,23,27)(H,24,26). The number of hydrogen-bond donors (Lipinski definition) is 4. The van der Waals surface area contributed by atoms with Gasteiger partial charge in [0.1, 0.15) is 18.2 Å². The molecule has 1 heterocycles. The third kappa shape index (κ3) is 4.35. The van der Waals surface area contributed by atoms with E-state index in [2.05, 4.69) is 5.32 Å². The Hall–Kier alpha value is -3.68. The van der Waals surface area contributed by atoms with Gasteiger partial charge in [-0.2, -0.15) is 0 Å². The van der Waals surface area contributed by atoms with Crippen molar-refractivity contribution < 1.29 is 19.1 Å². The minimum absolute atomic E-state index is 0.0191. The molecule has 1 aliphatic rings. The fraction of sp³-hybridized carbons (Fsp3) is 0.200. The zero-order valence-corrected chi connectivity index (χ0v) is 15.1. The molecule has 0 aromatic heterocycles. The summed E-state index contributed by atoms with van der Waals surface area (Å²) in [6.45, 7) is 0.243. The number of carbonyl (C=O) groups is 3. The molecule has 2 aromatic carbocycles. The predicted octanol–water partition coefficient (Wildman–Crippen LogP) is 0.432. The fourth-order valence-corrected chi connectivity index (χ4v) is 3.03.